The number of hydrogen-bond acceptors (Lipinski definition) is 1. The Hall–Kier alpha value is -2.01. The molecule has 0 radical (unpaired) electrons. The molecule has 0 heterocycles. The van der Waals surface area contributed by atoms with E-state index in [4.69, 9.17) is 11.6 Å². The second-order valence-electron chi connectivity index (χ2n) is 5.23. The van der Waals surface area contributed by atoms with Crippen LogP contribution in [0.2, 0.25) is 5.02 Å². The molecule has 2 nitrogen and oxygen atoms in total. The topological polar surface area (TPSA) is 20.3 Å². The summed E-state index contributed by atoms with van der Waals surface area (Å²) < 4.78 is 40.0. The fourth-order valence-corrected chi connectivity index (χ4v) is 2.42. The molecule has 0 spiro atoms. The summed E-state index contributed by atoms with van der Waals surface area (Å²) in [4.78, 5) is 13.7. The van der Waals surface area contributed by atoms with Crippen LogP contribution in [0, 0.1) is 17.5 Å². The number of rotatable bonds is 4. The summed E-state index contributed by atoms with van der Waals surface area (Å²) in [7, 11) is 1.52. The minimum atomic E-state index is -0.979. The van der Waals surface area contributed by atoms with Crippen molar-refractivity contribution in [2.75, 3.05) is 7.05 Å². The van der Waals surface area contributed by atoms with E-state index < -0.39 is 23.5 Å². The predicted molar refractivity (Wildman–Crippen MR) is 82.7 cm³/mol. The normalized spacial score (nSPS) is 12.1. The van der Waals surface area contributed by atoms with E-state index in [0.717, 1.165) is 12.1 Å². The third-order valence-corrected chi connectivity index (χ3v) is 4.14. The highest BCUT2D eigenvalue weighted by Crippen LogP contribution is 2.24. The Morgan fingerprint density at radius 3 is 2.43 bits per heavy atom. The Labute approximate surface area is 137 Å². The number of benzene rings is 2. The van der Waals surface area contributed by atoms with E-state index in [0.29, 0.717) is 5.56 Å². The van der Waals surface area contributed by atoms with E-state index in [-0.39, 0.29) is 22.9 Å². The largest absolute Gasteiger partial charge is 0.339 e. The highest BCUT2D eigenvalue weighted by atomic mass is 35.5. The zero-order chi connectivity index (χ0) is 17.1. The summed E-state index contributed by atoms with van der Waals surface area (Å²) in [5.74, 6) is -2.87. The summed E-state index contributed by atoms with van der Waals surface area (Å²) in [5, 5.41) is 0.173. The smallest absolute Gasteiger partial charge is 0.227 e. The zero-order valence-electron chi connectivity index (χ0n) is 12.6. The van der Waals surface area contributed by atoms with Gasteiger partial charge in [0.25, 0.3) is 0 Å². The van der Waals surface area contributed by atoms with Gasteiger partial charge in [0.2, 0.25) is 5.91 Å². The van der Waals surface area contributed by atoms with Crippen molar-refractivity contribution in [2.24, 2.45) is 0 Å². The second kappa shape index (κ2) is 7.04. The molecule has 0 saturated carbocycles. The van der Waals surface area contributed by atoms with Crippen LogP contribution >= 0.6 is 11.6 Å². The van der Waals surface area contributed by atoms with Crippen LogP contribution in [-0.4, -0.2) is 17.9 Å². The number of nitrogens with zero attached hydrogens (tertiary/aromatic N) is 1. The molecule has 1 amide bonds. The van der Waals surface area contributed by atoms with E-state index in [9.17, 15) is 18.0 Å². The van der Waals surface area contributed by atoms with Crippen molar-refractivity contribution in [1.29, 1.82) is 0 Å². The van der Waals surface area contributed by atoms with Crippen molar-refractivity contribution in [3.8, 4) is 0 Å². The van der Waals surface area contributed by atoms with E-state index in [1.807, 2.05) is 0 Å². The van der Waals surface area contributed by atoms with Gasteiger partial charge in [-0.05, 0) is 36.8 Å². The molecule has 2 rings (SSSR count). The van der Waals surface area contributed by atoms with Crippen LogP contribution in [0.4, 0.5) is 13.2 Å². The maximum atomic E-state index is 13.7. The fraction of sp³-hybridized carbons (Fsp3) is 0.235. The van der Waals surface area contributed by atoms with E-state index in [2.05, 4.69) is 0 Å². The van der Waals surface area contributed by atoms with Gasteiger partial charge in [0, 0.05) is 17.6 Å². The van der Waals surface area contributed by atoms with Crippen LogP contribution in [0.3, 0.4) is 0 Å². The van der Waals surface area contributed by atoms with Crippen LogP contribution < -0.4 is 0 Å². The summed E-state index contributed by atoms with van der Waals surface area (Å²) in [6, 6.07) is 7.15. The van der Waals surface area contributed by atoms with Gasteiger partial charge in [-0.2, -0.15) is 0 Å². The van der Waals surface area contributed by atoms with Gasteiger partial charge in [-0.1, -0.05) is 23.7 Å². The molecular weight excluding hydrogens is 327 g/mol. The number of likely N-dealkylation sites (N-methyl/N-ethyl adjacent to an activating group) is 1. The Balaban J connectivity index is 2.17. The van der Waals surface area contributed by atoms with Gasteiger partial charge >= 0.3 is 0 Å². The lowest BCUT2D eigenvalue weighted by Gasteiger charge is -2.26. The number of hydrogen-bond donors (Lipinski definition) is 0. The predicted octanol–water partition coefficient (Wildman–Crippen LogP) is 4.52. The first-order valence-electron chi connectivity index (χ1n) is 6.94. The summed E-state index contributed by atoms with van der Waals surface area (Å²) >= 11 is 5.91. The summed E-state index contributed by atoms with van der Waals surface area (Å²) in [6.45, 7) is 1.67. The van der Waals surface area contributed by atoms with Crippen LogP contribution in [0.25, 0.3) is 0 Å². The first-order valence-corrected chi connectivity index (χ1v) is 7.32. The molecule has 2 aromatic carbocycles. The molecule has 1 atom stereocenters. The van der Waals surface area contributed by atoms with Gasteiger partial charge < -0.3 is 4.90 Å². The number of carbonyl (C=O) groups is 1. The summed E-state index contributed by atoms with van der Waals surface area (Å²) in [5.41, 5.74) is 0.558. The van der Waals surface area contributed by atoms with Crippen LogP contribution in [0.5, 0.6) is 0 Å². The SMILES string of the molecule is CC(c1ccc(F)c(F)c1)N(C)C(=O)Cc1c(F)cccc1Cl. The highest BCUT2D eigenvalue weighted by molar-refractivity contribution is 6.31. The highest BCUT2D eigenvalue weighted by Gasteiger charge is 2.21. The lowest BCUT2D eigenvalue weighted by atomic mass is 10.1. The Kier molecular flexibility index (Phi) is 5.31. The Bertz CT molecular complexity index is 716. The molecule has 122 valence electrons. The molecule has 2 aromatic rings. The average molecular weight is 342 g/mol. The van der Waals surface area contributed by atoms with Gasteiger partial charge in [0.15, 0.2) is 11.6 Å². The Morgan fingerprint density at radius 1 is 1.13 bits per heavy atom. The van der Waals surface area contributed by atoms with Crippen molar-refractivity contribution in [3.05, 3.63) is 70.0 Å². The fourth-order valence-electron chi connectivity index (χ4n) is 2.19. The minimum Gasteiger partial charge on any atom is -0.339 e. The van der Waals surface area contributed by atoms with Crippen LogP contribution in [0.1, 0.15) is 24.1 Å². The standard InChI is InChI=1S/C17H15ClF3NO/c1-10(11-6-7-15(20)16(21)8-11)22(2)17(23)9-12-13(18)4-3-5-14(12)19/h3-8,10H,9H2,1-2H3. The zero-order valence-corrected chi connectivity index (χ0v) is 13.4. The first kappa shape index (κ1) is 17.3. The van der Waals surface area contributed by atoms with Gasteiger partial charge in [-0.3, -0.25) is 4.79 Å². The van der Waals surface area contributed by atoms with Gasteiger partial charge in [0.1, 0.15) is 5.82 Å². The molecule has 1 unspecified atom stereocenters. The molecule has 0 aliphatic carbocycles. The van der Waals surface area contributed by atoms with Crippen molar-refractivity contribution in [2.45, 2.75) is 19.4 Å². The van der Waals surface area contributed by atoms with E-state index in [1.54, 1.807) is 6.92 Å². The van der Waals surface area contributed by atoms with Crippen LogP contribution in [0.15, 0.2) is 36.4 Å². The third kappa shape index (κ3) is 3.85. The maximum Gasteiger partial charge on any atom is 0.227 e. The molecule has 0 bridgehead atoms. The van der Waals surface area contributed by atoms with Gasteiger partial charge in [-0.15, -0.1) is 0 Å². The van der Waals surface area contributed by atoms with Crippen molar-refractivity contribution < 1.29 is 18.0 Å². The Morgan fingerprint density at radius 2 is 1.83 bits per heavy atom. The molecule has 0 aliphatic heterocycles. The van der Waals surface area contributed by atoms with Crippen molar-refractivity contribution in [3.63, 3.8) is 0 Å². The van der Waals surface area contributed by atoms with Crippen molar-refractivity contribution >= 4 is 17.5 Å². The molecular formula is C17H15ClF3NO. The second-order valence-corrected chi connectivity index (χ2v) is 5.64. The van der Waals surface area contributed by atoms with E-state index in [1.165, 1.54) is 36.2 Å². The van der Waals surface area contributed by atoms with E-state index >= 15 is 0 Å². The lowest BCUT2D eigenvalue weighted by Crippen LogP contribution is -2.31. The van der Waals surface area contributed by atoms with Crippen LogP contribution in [-0.2, 0) is 11.2 Å². The maximum absolute atomic E-state index is 13.7. The van der Waals surface area contributed by atoms with Gasteiger partial charge in [-0.25, -0.2) is 13.2 Å². The van der Waals surface area contributed by atoms with Gasteiger partial charge in [0.05, 0.1) is 12.5 Å². The molecule has 23 heavy (non-hydrogen) atoms. The molecule has 0 N–H and O–H groups in total. The molecule has 0 aromatic heterocycles. The number of amides is 1. The number of halogens is 4. The quantitative estimate of drug-likeness (QED) is 0.800. The van der Waals surface area contributed by atoms with Crippen molar-refractivity contribution in [1.82, 2.24) is 4.90 Å². The molecule has 0 saturated heterocycles. The lowest BCUT2D eigenvalue weighted by molar-refractivity contribution is -0.131. The summed E-state index contributed by atoms with van der Waals surface area (Å²) in [6.07, 6.45) is -0.212. The monoisotopic (exact) mass is 341 g/mol. The average Bonchev–Trinajstić information content (AvgIpc) is 2.52. The molecule has 0 aliphatic rings. The third-order valence-electron chi connectivity index (χ3n) is 3.79. The first-order chi connectivity index (χ1) is 10.8. The number of carbonyl (C=O) groups excluding carboxylic acids is 1. The minimum absolute atomic E-state index is 0.114. The molecule has 0 fully saturated rings. The molecule has 6 heteroatoms.